The molecule has 0 bridgehead atoms. The van der Waals surface area contributed by atoms with Crippen molar-refractivity contribution < 1.29 is 17.7 Å². The standard InChI is InChI=1S/C16H20N2O4S/c1-5-13(19)11-7-6-8-12(9-11)23(20,21)18-15-10-14(17-22-15)16(2,3)4/h6-10,18H,5H2,1-4H3. The van der Waals surface area contributed by atoms with E-state index in [2.05, 4.69) is 9.88 Å². The first-order valence-electron chi connectivity index (χ1n) is 7.27. The van der Waals surface area contributed by atoms with Gasteiger partial charge in [-0.1, -0.05) is 45.0 Å². The molecule has 23 heavy (non-hydrogen) atoms. The van der Waals surface area contributed by atoms with Crippen LogP contribution in [0.3, 0.4) is 0 Å². The van der Waals surface area contributed by atoms with Crippen LogP contribution in [-0.4, -0.2) is 19.4 Å². The summed E-state index contributed by atoms with van der Waals surface area (Å²) < 4.78 is 32.2. The number of benzene rings is 1. The van der Waals surface area contributed by atoms with Gasteiger partial charge in [0.1, 0.15) is 0 Å². The monoisotopic (exact) mass is 336 g/mol. The van der Waals surface area contributed by atoms with Crippen molar-refractivity contribution in [3.05, 3.63) is 41.6 Å². The Kier molecular flexibility index (Phi) is 4.61. The molecule has 1 heterocycles. The minimum atomic E-state index is -3.85. The SMILES string of the molecule is CCC(=O)c1cccc(S(=O)(=O)Nc2cc(C(C)(C)C)no2)c1. The molecule has 0 saturated heterocycles. The van der Waals surface area contributed by atoms with Crippen molar-refractivity contribution >= 4 is 21.7 Å². The molecule has 0 saturated carbocycles. The van der Waals surface area contributed by atoms with Gasteiger partial charge in [-0.25, -0.2) is 13.1 Å². The Bertz CT molecular complexity index is 817. The van der Waals surface area contributed by atoms with Crippen LogP contribution in [0.5, 0.6) is 0 Å². The first-order valence-corrected chi connectivity index (χ1v) is 8.75. The summed E-state index contributed by atoms with van der Waals surface area (Å²) in [6.45, 7) is 7.57. The maximum absolute atomic E-state index is 12.4. The Morgan fingerprint density at radius 1 is 1.26 bits per heavy atom. The molecule has 0 aliphatic heterocycles. The number of Topliss-reactive ketones (excluding diaryl/α,β-unsaturated/α-hetero) is 1. The van der Waals surface area contributed by atoms with Crippen LogP contribution < -0.4 is 4.72 Å². The van der Waals surface area contributed by atoms with Gasteiger partial charge in [0.25, 0.3) is 10.0 Å². The van der Waals surface area contributed by atoms with E-state index in [4.69, 9.17) is 4.52 Å². The van der Waals surface area contributed by atoms with E-state index >= 15 is 0 Å². The van der Waals surface area contributed by atoms with Crippen LogP contribution in [0.2, 0.25) is 0 Å². The number of carbonyl (C=O) groups is 1. The van der Waals surface area contributed by atoms with Gasteiger partial charge in [-0.3, -0.25) is 4.79 Å². The van der Waals surface area contributed by atoms with Crippen molar-refractivity contribution in [2.45, 2.75) is 44.4 Å². The predicted octanol–water partition coefficient (Wildman–Crippen LogP) is 3.37. The number of hydrogen-bond acceptors (Lipinski definition) is 5. The minimum Gasteiger partial charge on any atom is -0.338 e. The van der Waals surface area contributed by atoms with Crippen molar-refractivity contribution in [2.24, 2.45) is 0 Å². The van der Waals surface area contributed by atoms with Crippen molar-refractivity contribution in [2.75, 3.05) is 4.72 Å². The van der Waals surface area contributed by atoms with Gasteiger partial charge in [0.2, 0.25) is 5.88 Å². The highest BCUT2D eigenvalue weighted by Crippen LogP contribution is 2.25. The molecule has 0 unspecified atom stereocenters. The zero-order valence-electron chi connectivity index (χ0n) is 13.6. The fraction of sp³-hybridized carbons (Fsp3) is 0.375. The maximum atomic E-state index is 12.4. The van der Waals surface area contributed by atoms with Crippen LogP contribution >= 0.6 is 0 Å². The first kappa shape index (κ1) is 17.2. The number of rotatable bonds is 5. The van der Waals surface area contributed by atoms with Crippen LogP contribution in [0.15, 0.2) is 39.8 Å². The maximum Gasteiger partial charge on any atom is 0.264 e. The smallest absolute Gasteiger partial charge is 0.264 e. The van der Waals surface area contributed by atoms with Gasteiger partial charge in [-0.2, -0.15) is 0 Å². The van der Waals surface area contributed by atoms with Gasteiger partial charge in [0, 0.05) is 23.5 Å². The van der Waals surface area contributed by atoms with E-state index in [0.717, 1.165) is 0 Å². The predicted molar refractivity (Wildman–Crippen MR) is 87.1 cm³/mol. The lowest BCUT2D eigenvalue weighted by atomic mass is 9.92. The number of aromatic nitrogens is 1. The minimum absolute atomic E-state index is 0.00510. The lowest BCUT2D eigenvalue weighted by Crippen LogP contribution is -2.14. The highest BCUT2D eigenvalue weighted by molar-refractivity contribution is 7.92. The highest BCUT2D eigenvalue weighted by Gasteiger charge is 2.22. The lowest BCUT2D eigenvalue weighted by Gasteiger charge is -2.12. The normalized spacial score (nSPS) is 12.2. The third-order valence-corrected chi connectivity index (χ3v) is 4.65. The van der Waals surface area contributed by atoms with Crippen LogP contribution in [0, 0.1) is 0 Å². The summed E-state index contributed by atoms with van der Waals surface area (Å²) in [5.74, 6) is -0.0705. The molecule has 6 nitrogen and oxygen atoms in total. The van der Waals surface area contributed by atoms with Gasteiger partial charge in [0.05, 0.1) is 10.6 Å². The van der Waals surface area contributed by atoms with E-state index in [1.54, 1.807) is 25.1 Å². The van der Waals surface area contributed by atoms with E-state index in [1.165, 1.54) is 12.1 Å². The lowest BCUT2D eigenvalue weighted by molar-refractivity contribution is 0.0988. The number of nitrogens with one attached hydrogen (secondary N) is 1. The largest absolute Gasteiger partial charge is 0.338 e. The third kappa shape index (κ3) is 3.98. The molecule has 0 atom stereocenters. The molecule has 0 spiro atoms. The van der Waals surface area contributed by atoms with Crippen molar-refractivity contribution in [3.8, 4) is 0 Å². The molecule has 1 aromatic carbocycles. The van der Waals surface area contributed by atoms with Gasteiger partial charge in [-0.05, 0) is 12.1 Å². The molecule has 124 valence electrons. The van der Waals surface area contributed by atoms with Crippen LogP contribution in [-0.2, 0) is 15.4 Å². The Labute approximate surface area is 135 Å². The van der Waals surface area contributed by atoms with Gasteiger partial charge < -0.3 is 4.52 Å². The topological polar surface area (TPSA) is 89.3 Å². The Morgan fingerprint density at radius 3 is 2.52 bits per heavy atom. The number of nitrogens with zero attached hydrogens (tertiary/aromatic N) is 1. The second-order valence-electron chi connectivity index (χ2n) is 6.24. The van der Waals surface area contributed by atoms with Crippen molar-refractivity contribution in [1.29, 1.82) is 0 Å². The summed E-state index contributed by atoms with van der Waals surface area (Å²) in [6.07, 6.45) is 0.313. The zero-order chi connectivity index (χ0) is 17.3. The molecule has 2 aromatic rings. The molecule has 2 rings (SSSR count). The molecular weight excluding hydrogens is 316 g/mol. The number of hydrogen-bond donors (Lipinski definition) is 1. The van der Waals surface area contributed by atoms with Crippen molar-refractivity contribution in [3.63, 3.8) is 0 Å². The van der Waals surface area contributed by atoms with Crippen LogP contribution in [0.4, 0.5) is 5.88 Å². The number of sulfonamides is 1. The van der Waals surface area contributed by atoms with E-state index in [-0.39, 0.29) is 22.0 Å². The van der Waals surface area contributed by atoms with Crippen LogP contribution in [0.1, 0.15) is 50.2 Å². The average molecular weight is 336 g/mol. The Hall–Kier alpha value is -2.15. The molecule has 0 aliphatic rings. The highest BCUT2D eigenvalue weighted by atomic mass is 32.2. The van der Waals surface area contributed by atoms with E-state index in [0.29, 0.717) is 17.7 Å². The zero-order valence-corrected chi connectivity index (χ0v) is 14.4. The number of carbonyl (C=O) groups excluding carboxylic acids is 1. The molecule has 7 heteroatoms. The number of ketones is 1. The summed E-state index contributed by atoms with van der Waals surface area (Å²) in [5.41, 5.74) is 0.758. The molecule has 0 radical (unpaired) electrons. The second kappa shape index (κ2) is 6.16. The summed E-state index contributed by atoms with van der Waals surface area (Å²) in [4.78, 5) is 11.7. The summed E-state index contributed by atoms with van der Waals surface area (Å²) >= 11 is 0. The van der Waals surface area contributed by atoms with Crippen molar-refractivity contribution in [1.82, 2.24) is 5.16 Å². The summed E-state index contributed by atoms with van der Waals surface area (Å²) in [5, 5.41) is 3.87. The fourth-order valence-electron chi connectivity index (χ4n) is 1.91. The van der Waals surface area contributed by atoms with Gasteiger partial charge >= 0.3 is 0 Å². The van der Waals surface area contributed by atoms with Gasteiger partial charge in [-0.15, -0.1) is 0 Å². The summed E-state index contributed by atoms with van der Waals surface area (Å²) in [7, 11) is -3.85. The molecular formula is C16H20N2O4S. The fourth-order valence-corrected chi connectivity index (χ4v) is 2.93. The second-order valence-corrected chi connectivity index (χ2v) is 7.92. The average Bonchev–Trinajstić information content (AvgIpc) is 2.94. The first-order chi connectivity index (χ1) is 10.6. The Balaban J connectivity index is 2.29. The molecule has 1 aromatic heterocycles. The number of anilines is 1. The third-order valence-electron chi connectivity index (χ3n) is 3.30. The van der Waals surface area contributed by atoms with E-state index < -0.39 is 10.0 Å². The Morgan fingerprint density at radius 2 is 1.96 bits per heavy atom. The molecule has 1 N–H and O–H groups in total. The van der Waals surface area contributed by atoms with Gasteiger partial charge in [0.15, 0.2) is 5.78 Å². The van der Waals surface area contributed by atoms with E-state index in [1.807, 2.05) is 20.8 Å². The molecule has 0 aliphatic carbocycles. The van der Waals surface area contributed by atoms with E-state index in [9.17, 15) is 13.2 Å². The summed E-state index contributed by atoms with van der Waals surface area (Å²) in [6, 6.07) is 7.47. The molecule has 0 fully saturated rings. The quantitative estimate of drug-likeness (QED) is 0.846. The molecule has 0 amide bonds. The van der Waals surface area contributed by atoms with Crippen LogP contribution in [0.25, 0.3) is 0 Å².